The molecule has 4 aromatic rings. The zero-order valence-corrected chi connectivity index (χ0v) is 41.1. The minimum absolute atomic E-state index is 0.450. The van der Waals surface area contributed by atoms with Crippen molar-refractivity contribution in [2.75, 3.05) is 13.2 Å². The van der Waals surface area contributed by atoms with Crippen LogP contribution in [0.5, 0.6) is 11.5 Å². The van der Waals surface area contributed by atoms with Crippen LogP contribution in [-0.4, -0.2) is 13.2 Å². The first-order valence-corrected chi connectivity index (χ1v) is 27.2. The normalized spacial score (nSPS) is 49.4. The van der Waals surface area contributed by atoms with Gasteiger partial charge in [-0.2, -0.15) is 0 Å². The molecule has 0 amide bonds. The lowest BCUT2D eigenvalue weighted by atomic mass is 9.13. The largest absolute Gasteiger partial charge is 0.494 e. The molecule has 4 spiro atoms. The van der Waals surface area contributed by atoms with Crippen molar-refractivity contribution in [1.82, 2.24) is 0 Å². The third-order valence-corrected chi connectivity index (χ3v) is 24.6. The molecule has 18 saturated carbocycles. The Kier molecular flexibility index (Phi) is 7.43. The van der Waals surface area contributed by atoms with E-state index in [1.165, 1.54) is 84.2 Å². The van der Waals surface area contributed by atoms with Crippen LogP contribution < -0.4 is 9.47 Å². The molecule has 0 heterocycles. The number of benzene rings is 4. The predicted molar refractivity (Wildman–Crippen MR) is 263 cm³/mol. The highest BCUT2D eigenvalue weighted by Crippen LogP contribution is 2.95. The van der Waals surface area contributed by atoms with Gasteiger partial charge < -0.3 is 9.47 Å². The van der Waals surface area contributed by atoms with E-state index in [1.54, 1.807) is 35.1 Å². The topological polar surface area (TPSA) is 18.5 Å². The van der Waals surface area contributed by atoms with Gasteiger partial charge in [-0.25, -0.2) is 0 Å². The van der Waals surface area contributed by atoms with Gasteiger partial charge in [0.15, 0.2) is 0 Å². The van der Waals surface area contributed by atoms with E-state index in [0.717, 1.165) is 72.1 Å². The maximum absolute atomic E-state index is 5.76. The van der Waals surface area contributed by atoms with Crippen LogP contribution in [0.15, 0.2) is 97.1 Å². The van der Waals surface area contributed by atoms with Crippen LogP contribution in [0.4, 0.5) is 0 Å². The third-order valence-electron chi connectivity index (χ3n) is 23.1. The smallest absolute Gasteiger partial charge is 0.119 e. The molecule has 2 nitrogen and oxygen atoms in total. The standard InChI is InChI=1S/C31H36O2.C27H26I2/c1-3-32-22-9-5-20(6-10-22)28-14-25-24-13-29(21-7-11-23(12-8-21)33-4-2)17-30(25)19-31(18-29,26(24)15-28)27(30)16-28;28-18-5-1-16(2-6-18)24-10-21-20-9-25(17-3-7-19(29)8-4-17)13-26(21)15-27(14-25,22(20)11-24)23(26)12-24/h5-12,24-27H,3-4,13-19H2,1-2H3;1-8,20-23H,9-15H2/t24?,25-,26-,27?,28?,29?,30?,31?;20?,21-,22-,23?,24?,25?,26?,27?/m11/s1. The Balaban J connectivity index is 0.000000117. The molecular weight excluding hydrogens is 982 g/mol. The Bertz CT molecular complexity index is 2430. The van der Waals surface area contributed by atoms with Gasteiger partial charge in [0.25, 0.3) is 0 Å². The highest BCUT2D eigenvalue weighted by Gasteiger charge is 2.88. The van der Waals surface area contributed by atoms with Gasteiger partial charge in [-0.05, 0) is 310 Å². The molecule has 8 atom stereocenters. The highest BCUT2D eigenvalue weighted by atomic mass is 127. The zero-order valence-electron chi connectivity index (χ0n) is 36.7. The Morgan fingerprint density at radius 3 is 1.02 bits per heavy atom. The van der Waals surface area contributed by atoms with Gasteiger partial charge in [-0.15, -0.1) is 0 Å². The molecule has 22 rings (SSSR count). The van der Waals surface area contributed by atoms with E-state index in [9.17, 15) is 0 Å². The minimum atomic E-state index is 0.450. The first-order chi connectivity index (χ1) is 30.1. The number of rotatable bonds is 8. The quantitative estimate of drug-likeness (QED) is 0.164. The molecule has 4 unspecified atom stereocenters. The molecule has 18 aliphatic carbocycles. The Morgan fingerprint density at radius 2 is 0.694 bits per heavy atom. The lowest BCUT2D eigenvalue weighted by molar-refractivity contribution is -0.399. The number of hydrogen-bond acceptors (Lipinski definition) is 2. The summed E-state index contributed by atoms with van der Waals surface area (Å²) in [5, 5.41) is 0. The van der Waals surface area contributed by atoms with Crippen LogP contribution >= 0.6 is 45.2 Å². The van der Waals surface area contributed by atoms with Crippen LogP contribution in [0.3, 0.4) is 0 Å². The van der Waals surface area contributed by atoms with Crippen molar-refractivity contribution in [2.45, 2.75) is 125 Å². The molecule has 4 aromatic carbocycles. The van der Waals surface area contributed by atoms with E-state index in [0.29, 0.717) is 43.3 Å². The van der Waals surface area contributed by atoms with Gasteiger partial charge in [0.2, 0.25) is 0 Å². The molecule has 0 N–H and O–H groups in total. The summed E-state index contributed by atoms with van der Waals surface area (Å²) in [5.74, 6) is 10.1. The number of ether oxygens (including phenoxy) is 2. The van der Waals surface area contributed by atoms with Crippen molar-refractivity contribution in [1.29, 1.82) is 0 Å². The van der Waals surface area contributed by atoms with Gasteiger partial charge in [-0.1, -0.05) is 48.5 Å². The summed E-state index contributed by atoms with van der Waals surface area (Å²) in [5.41, 5.74) is 11.3. The van der Waals surface area contributed by atoms with Gasteiger partial charge in [0.05, 0.1) is 13.2 Å². The van der Waals surface area contributed by atoms with Crippen molar-refractivity contribution in [3.8, 4) is 11.5 Å². The van der Waals surface area contributed by atoms with Gasteiger partial charge in [0.1, 0.15) is 11.5 Å². The average molecular weight is 1040 g/mol. The Labute approximate surface area is 397 Å². The lowest BCUT2D eigenvalue weighted by Crippen LogP contribution is -2.85. The zero-order chi connectivity index (χ0) is 41.3. The highest BCUT2D eigenvalue weighted by molar-refractivity contribution is 14.1. The van der Waals surface area contributed by atoms with Crippen molar-refractivity contribution in [3.63, 3.8) is 0 Å². The molecule has 0 aliphatic heterocycles. The summed E-state index contributed by atoms with van der Waals surface area (Å²) in [6.07, 6.45) is 21.0. The first-order valence-electron chi connectivity index (χ1n) is 25.0. The van der Waals surface area contributed by atoms with E-state index < -0.39 is 0 Å². The third kappa shape index (κ3) is 4.34. The van der Waals surface area contributed by atoms with Crippen LogP contribution in [0.1, 0.15) is 126 Å². The fourth-order valence-electron chi connectivity index (χ4n) is 22.4. The lowest BCUT2D eigenvalue weighted by Gasteiger charge is -2.91. The van der Waals surface area contributed by atoms with Gasteiger partial charge >= 0.3 is 0 Å². The van der Waals surface area contributed by atoms with E-state index in [2.05, 4.69) is 156 Å². The fourth-order valence-corrected chi connectivity index (χ4v) is 23.1. The molecule has 0 aromatic heterocycles. The second-order valence-electron chi connectivity index (χ2n) is 24.5. The maximum Gasteiger partial charge on any atom is 0.119 e. The van der Waals surface area contributed by atoms with Crippen molar-refractivity contribution < 1.29 is 9.47 Å². The van der Waals surface area contributed by atoms with E-state index in [4.69, 9.17) is 9.47 Å². The summed E-state index contributed by atoms with van der Waals surface area (Å²) >= 11 is 4.93. The van der Waals surface area contributed by atoms with Crippen LogP contribution in [-0.2, 0) is 21.7 Å². The van der Waals surface area contributed by atoms with Crippen molar-refractivity contribution >= 4 is 45.2 Å². The monoisotopic (exact) mass is 1040 g/mol. The van der Waals surface area contributed by atoms with E-state index >= 15 is 0 Å². The molecule has 18 fully saturated rings. The van der Waals surface area contributed by atoms with Crippen molar-refractivity contribution in [2.24, 2.45) is 69.0 Å². The van der Waals surface area contributed by atoms with Gasteiger partial charge in [0, 0.05) is 7.14 Å². The molecule has 320 valence electrons. The molecular formula is C58H62I2O2. The summed E-state index contributed by atoms with van der Waals surface area (Å²) in [6, 6.07) is 38.0. The number of halogens is 2. The van der Waals surface area contributed by atoms with E-state index in [-0.39, 0.29) is 0 Å². The molecule has 0 radical (unpaired) electrons. The summed E-state index contributed by atoms with van der Waals surface area (Å²) < 4.78 is 14.3. The van der Waals surface area contributed by atoms with Crippen LogP contribution in [0.2, 0.25) is 0 Å². The summed E-state index contributed by atoms with van der Waals surface area (Å²) in [7, 11) is 0. The van der Waals surface area contributed by atoms with E-state index in [1.807, 2.05) is 0 Å². The molecule has 16 bridgehead atoms. The first kappa shape index (κ1) is 38.1. The molecule has 62 heavy (non-hydrogen) atoms. The second-order valence-corrected chi connectivity index (χ2v) is 27.0. The van der Waals surface area contributed by atoms with Crippen molar-refractivity contribution in [3.05, 3.63) is 126 Å². The maximum atomic E-state index is 5.76. The predicted octanol–water partition coefficient (Wildman–Crippen LogP) is 14.2. The second kappa shape index (κ2) is 12.1. The molecule has 4 heteroatoms. The average Bonchev–Trinajstić information content (AvgIpc) is 3.28. The number of hydrogen-bond donors (Lipinski definition) is 0. The van der Waals surface area contributed by atoms with Gasteiger partial charge in [-0.3, -0.25) is 0 Å². The Hall–Kier alpha value is -2.06. The summed E-state index contributed by atoms with van der Waals surface area (Å²) in [4.78, 5) is 0. The molecule has 0 saturated heterocycles. The molecule has 18 aliphatic rings. The SMILES string of the molecule is CCOc1ccc(C23CC4C56CC7(c8ccc(OCC)cc8)CC([C@H]5C2)[C@@H](C3)C4(C7)C6)cc1.Ic1ccc(C23CC4C56CC7(c8ccc(I)cc8)CC([C@H]5C2)[C@@H](C3)C4(C7)C6)cc1. The summed E-state index contributed by atoms with van der Waals surface area (Å²) in [6.45, 7) is 5.64. The van der Waals surface area contributed by atoms with Crippen LogP contribution in [0, 0.1) is 76.1 Å². The fraction of sp³-hybridized carbons (Fsp3) is 0.586. The van der Waals surface area contributed by atoms with Crippen LogP contribution in [0.25, 0.3) is 0 Å². The Morgan fingerprint density at radius 1 is 0.387 bits per heavy atom. The minimum Gasteiger partial charge on any atom is -0.494 e.